The van der Waals surface area contributed by atoms with Crippen molar-refractivity contribution in [1.82, 2.24) is 20.0 Å². The van der Waals surface area contributed by atoms with Crippen LogP contribution in [0.15, 0.2) is 64.3 Å². The zero-order chi connectivity index (χ0) is 18.7. The number of rotatable bonds is 6. The summed E-state index contributed by atoms with van der Waals surface area (Å²) in [4.78, 5) is 11.0. The highest BCUT2D eigenvalue weighted by Gasteiger charge is 2.31. The summed E-state index contributed by atoms with van der Waals surface area (Å²) < 4.78 is 30.6. The van der Waals surface area contributed by atoms with Crippen LogP contribution in [0.1, 0.15) is 24.8 Å². The van der Waals surface area contributed by atoms with Crippen LogP contribution in [0, 0.1) is 0 Å². The summed E-state index contributed by atoms with van der Waals surface area (Å²) in [6.07, 6.45) is 5.22. The molecule has 1 fully saturated rings. The first-order valence-corrected chi connectivity index (χ1v) is 10.5. The number of sulfone groups is 1. The van der Waals surface area contributed by atoms with Gasteiger partial charge in [-0.05, 0) is 43.7 Å². The minimum absolute atomic E-state index is 0.0425. The molecule has 4 rings (SSSR count). The normalized spacial score (nSPS) is 18.0. The van der Waals surface area contributed by atoms with Gasteiger partial charge >= 0.3 is 0 Å². The highest BCUT2D eigenvalue weighted by Crippen LogP contribution is 2.32. The summed E-state index contributed by atoms with van der Waals surface area (Å²) in [7, 11) is -3.31. The largest absolute Gasteiger partial charge is 0.337 e. The van der Waals surface area contributed by atoms with Crippen LogP contribution in [-0.4, -0.2) is 47.3 Å². The molecule has 0 N–H and O–H groups in total. The van der Waals surface area contributed by atoms with Crippen LogP contribution >= 0.6 is 0 Å². The Morgan fingerprint density at radius 3 is 2.67 bits per heavy atom. The Labute approximate surface area is 158 Å². The van der Waals surface area contributed by atoms with Crippen molar-refractivity contribution in [1.29, 1.82) is 0 Å². The van der Waals surface area contributed by atoms with Crippen LogP contribution < -0.4 is 0 Å². The van der Waals surface area contributed by atoms with Crippen LogP contribution in [0.4, 0.5) is 0 Å². The molecule has 0 spiro atoms. The van der Waals surface area contributed by atoms with Crippen molar-refractivity contribution < 1.29 is 12.9 Å². The van der Waals surface area contributed by atoms with Crippen LogP contribution in [0.3, 0.4) is 0 Å². The monoisotopic (exact) mass is 384 g/mol. The molecule has 0 bridgehead atoms. The average molecular weight is 384 g/mol. The molecule has 2 aromatic heterocycles. The molecule has 3 aromatic rings. The molecule has 1 atom stereocenters. The van der Waals surface area contributed by atoms with E-state index in [1.54, 1.807) is 36.7 Å². The van der Waals surface area contributed by atoms with Gasteiger partial charge in [-0.25, -0.2) is 8.42 Å². The summed E-state index contributed by atoms with van der Waals surface area (Å²) in [6, 6.07) is 12.2. The van der Waals surface area contributed by atoms with E-state index in [0.717, 1.165) is 24.9 Å². The zero-order valence-corrected chi connectivity index (χ0v) is 15.5. The Morgan fingerprint density at radius 1 is 1.11 bits per heavy atom. The van der Waals surface area contributed by atoms with Crippen LogP contribution in [-0.2, 0) is 9.84 Å². The summed E-state index contributed by atoms with van der Waals surface area (Å²) in [5.74, 6) is 1.13. The van der Waals surface area contributed by atoms with Gasteiger partial charge in [0.15, 0.2) is 9.84 Å². The minimum atomic E-state index is -3.31. The van der Waals surface area contributed by atoms with Crippen molar-refractivity contribution in [2.75, 3.05) is 18.8 Å². The Hall–Kier alpha value is -2.58. The Morgan fingerprint density at radius 2 is 1.89 bits per heavy atom. The molecule has 0 unspecified atom stereocenters. The van der Waals surface area contributed by atoms with Gasteiger partial charge in [0.1, 0.15) is 0 Å². The van der Waals surface area contributed by atoms with Crippen molar-refractivity contribution >= 4 is 9.84 Å². The summed E-state index contributed by atoms with van der Waals surface area (Å²) in [5.41, 5.74) is 0.844. The molecular weight excluding hydrogens is 364 g/mol. The number of pyridine rings is 1. The van der Waals surface area contributed by atoms with Gasteiger partial charge in [0, 0.05) is 24.5 Å². The number of benzene rings is 1. The van der Waals surface area contributed by atoms with Crippen LogP contribution in [0.5, 0.6) is 0 Å². The maximum absolute atomic E-state index is 12.5. The molecule has 7 nitrogen and oxygen atoms in total. The van der Waals surface area contributed by atoms with E-state index in [1.807, 2.05) is 18.2 Å². The maximum Gasteiger partial charge on any atom is 0.244 e. The maximum atomic E-state index is 12.5. The average Bonchev–Trinajstić information content (AvgIpc) is 3.37. The van der Waals surface area contributed by atoms with E-state index in [-0.39, 0.29) is 11.8 Å². The third kappa shape index (κ3) is 3.91. The van der Waals surface area contributed by atoms with E-state index in [4.69, 9.17) is 4.52 Å². The molecule has 140 valence electrons. The SMILES string of the molecule is O=S(=O)(CCN1CCC[C@H]1c1nc(-c2ccncc2)no1)c1ccccc1. The topological polar surface area (TPSA) is 89.2 Å². The van der Waals surface area contributed by atoms with E-state index in [2.05, 4.69) is 20.0 Å². The fraction of sp³-hybridized carbons (Fsp3) is 0.316. The number of aromatic nitrogens is 3. The predicted molar refractivity (Wildman–Crippen MR) is 99.6 cm³/mol. The first-order valence-electron chi connectivity index (χ1n) is 8.89. The second kappa shape index (κ2) is 7.58. The van der Waals surface area contributed by atoms with Gasteiger partial charge in [-0.3, -0.25) is 9.88 Å². The van der Waals surface area contributed by atoms with E-state index >= 15 is 0 Å². The molecule has 0 radical (unpaired) electrons. The van der Waals surface area contributed by atoms with E-state index in [0.29, 0.717) is 23.2 Å². The van der Waals surface area contributed by atoms with Gasteiger partial charge in [0.2, 0.25) is 11.7 Å². The zero-order valence-electron chi connectivity index (χ0n) is 14.7. The van der Waals surface area contributed by atoms with Crippen molar-refractivity contribution in [2.24, 2.45) is 0 Å². The molecule has 8 heteroatoms. The highest BCUT2D eigenvalue weighted by molar-refractivity contribution is 7.91. The molecular formula is C19H20N4O3S. The number of nitrogens with zero attached hydrogens (tertiary/aromatic N) is 4. The third-order valence-corrected chi connectivity index (χ3v) is 6.49. The molecule has 0 aliphatic carbocycles. The first-order chi connectivity index (χ1) is 13.1. The van der Waals surface area contributed by atoms with Crippen molar-refractivity contribution in [2.45, 2.75) is 23.8 Å². The van der Waals surface area contributed by atoms with Gasteiger partial charge in [0.25, 0.3) is 0 Å². The molecule has 3 heterocycles. The number of hydrogen-bond donors (Lipinski definition) is 0. The van der Waals surface area contributed by atoms with Crippen molar-refractivity contribution in [3.05, 3.63) is 60.7 Å². The Balaban J connectivity index is 1.46. The summed E-state index contributed by atoms with van der Waals surface area (Å²) in [6.45, 7) is 1.26. The van der Waals surface area contributed by atoms with Gasteiger partial charge < -0.3 is 4.52 Å². The second-order valence-electron chi connectivity index (χ2n) is 6.52. The fourth-order valence-electron chi connectivity index (χ4n) is 3.35. The van der Waals surface area contributed by atoms with E-state index in [1.165, 1.54) is 0 Å². The Bertz CT molecular complexity index is 990. The predicted octanol–water partition coefficient (Wildman–Crippen LogP) is 2.74. The molecule has 1 saturated heterocycles. The van der Waals surface area contributed by atoms with E-state index < -0.39 is 9.84 Å². The number of likely N-dealkylation sites (tertiary alicyclic amines) is 1. The number of hydrogen-bond acceptors (Lipinski definition) is 7. The third-order valence-electron chi connectivity index (χ3n) is 4.78. The lowest BCUT2D eigenvalue weighted by Gasteiger charge is -2.21. The van der Waals surface area contributed by atoms with Gasteiger partial charge in [-0.1, -0.05) is 23.4 Å². The summed E-state index contributed by atoms with van der Waals surface area (Å²) >= 11 is 0. The molecule has 1 aliphatic rings. The standard InChI is InChI=1S/C19H20N4O3S/c24-27(25,16-5-2-1-3-6-16)14-13-23-12-4-7-17(23)19-21-18(22-26-19)15-8-10-20-11-9-15/h1-3,5-6,8-11,17H,4,7,12-14H2/t17-/m0/s1. The first kappa shape index (κ1) is 17.8. The fourth-order valence-corrected chi connectivity index (χ4v) is 4.63. The molecule has 1 aromatic carbocycles. The van der Waals surface area contributed by atoms with E-state index in [9.17, 15) is 8.42 Å². The van der Waals surface area contributed by atoms with Crippen LogP contribution in [0.2, 0.25) is 0 Å². The summed E-state index contributed by atoms with van der Waals surface area (Å²) in [5, 5.41) is 4.06. The second-order valence-corrected chi connectivity index (χ2v) is 8.63. The van der Waals surface area contributed by atoms with Crippen molar-refractivity contribution in [3.8, 4) is 11.4 Å². The molecule has 1 aliphatic heterocycles. The van der Waals surface area contributed by atoms with Crippen molar-refractivity contribution in [3.63, 3.8) is 0 Å². The van der Waals surface area contributed by atoms with Gasteiger partial charge in [0.05, 0.1) is 16.7 Å². The lowest BCUT2D eigenvalue weighted by Crippen LogP contribution is -2.29. The lowest BCUT2D eigenvalue weighted by atomic mass is 10.2. The molecule has 27 heavy (non-hydrogen) atoms. The Kier molecular flexibility index (Phi) is 5.00. The van der Waals surface area contributed by atoms with Gasteiger partial charge in [-0.15, -0.1) is 0 Å². The molecule has 0 saturated carbocycles. The molecule has 0 amide bonds. The quantitative estimate of drug-likeness (QED) is 0.645. The van der Waals surface area contributed by atoms with Crippen LogP contribution in [0.25, 0.3) is 11.4 Å². The minimum Gasteiger partial charge on any atom is -0.337 e. The lowest BCUT2D eigenvalue weighted by molar-refractivity contribution is 0.218. The van der Waals surface area contributed by atoms with Gasteiger partial charge in [-0.2, -0.15) is 4.98 Å². The smallest absolute Gasteiger partial charge is 0.244 e. The highest BCUT2D eigenvalue weighted by atomic mass is 32.2.